The maximum atomic E-state index is 8.98. The van der Waals surface area contributed by atoms with Gasteiger partial charge in [0.15, 0.2) is 0 Å². The summed E-state index contributed by atoms with van der Waals surface area (Å²) >= 11 is 0. The van der Waals surface area contributed by atoms with Crippen molar-refractivity contribution in [2.45, 2.75) is 20.1 Å². The molecular formula is C11H13N3O. The Morgan fingerprint density at radius 3 is 2.53 bits per heavy atom. The molecule has 0 fully saturated rings. The van der Waals surface area contributed by atoms with E-state index in [-0.39, 0.29) is 6.61 Å². The highest BCUT2D eigenvalue weighted by Crippen LogP contribution is 2.04. The van der Waals surface area contributed by atoms with Gasteiger partial charge in [-0.05, 0) is 12.5 Å². The zero-order valence-corrected chi connectivity index (χ0v) is 8.59. The SMILES string of the molecule is Cc1nn(Cc2ccccc2)nc1CO. The van der Waals surface area contributed by atoms with Crippen LogP contribution in [0.15, 0.2) is 30.3 Å². The number of aromatic nitrogens is 3. The molecule has 0 radical (unpaired) electrons. The van der Waals surface area contributed by atoms with Crippen LogP contribution in [0.3, 0.4) is 0 Å². The summed E-state index contributed by atoms with van der Waals surface area (Å²) in [4.78, 5) is 1.61. The van der Waals surface area contributed by atoms with E-state index in [0.29, 0.717) is 12.2 Å². The average molecular weight is 203 g/mol. The summed E-state index contributed by atoms with van der Waals surface area (Å²) in [6, 6.07) is 10.00. The molecule has 1 N–H and O–H groups in total. The first-order valence-corrected chi connectivity index (χ1v) is 4.85. The first-order valence-electron chi connectivity index (χ1n) is 4.85. The molecule has 0 amide bonds. The van der Waals surface area contributed by atoms with Crippen LogP contribution in [0.4, 0.5) is 0 Å². The van der Waals surface area contributed by atoms with Crippen LogP contribution in [0.25, 0.3) is 0 Å². The zero-order chi connectivity index (χ0) is 10.7. The average Bonchev–Trinajstić information content (AvgIpc) is 2.60. The van der Waals surface area contributed by atoms with Gasteiger partial charge in [0.05, 0.1) is 18.8 Å². The summed E-state index contributed by atoms with van der Waals surface area (Å²) in [5.74, 6) is 0. The smallest absolute Gasteiger partial charge is 0.111 e. The van der Waals surface area contributed by atoms with Crippen molar-refractivity contribution >= 4 is 0 Å². The number of hydrogen-bond acceptors (Lipinski definition) is 3. The normalized spacial score (nSPS) is 10.5. The van der Waals surface area contributed by atoms with Crippen LogP contribution in [-0.4, -0.2) is 20.1 Å². The molecule has 0 spiro atoms. The summed E-state index contributed by atoms with van der Waals surface area (Å²) in [7, 11) is 0. The molecule has 1 aromatic heterocycles. The van der Waals surface area contributed by atoms with Crippen LogP contribution in [0, 0.1) is 6.92 Å². The molecule has 0 saturated carbocycles. The van der Waals surface area contributed by atoms with Gasteiger partial charge in [0.2, 0.25) is 0 Å². The van der Waals surface area contributed by atoms with Crippen molar-refractivity contribution in [2.75, 3.05) is 0 Å². The summed E-state index contributed by atoms with van der Waals surface area (Å²) in [6.07, 6.45) is 0. The quantitative estimate of drug-likeness (QED) is 0.813. The molecule has 2 aromatic rings. The van der Waals surface area contributed by atoms with Gasteiger partial charge in [-0.3, -0.25) is 0 Å². The summed E-state index contributed by atoms with van der Waals surface area (Å²) in [5.41, 5.74) is 2.58. The highest BCUT2D eigenvalue weighted by molar-refractivity contribution is 5.15. The molecule has 4 nitrogen and oxygen atoms in total. The van der Waals surface area contributed by atoms with Crippen molar-refractivity contribution in [1.82, 2.24) is 15.0 Å². The van der Waals surface area contributed by atoms with Crippen molar-refractivity contribution in [3.8, 4) is 0 Å². The predicted molar refractivity (Wildman–Crippen MR) is 56.2 cm³/mol. The number of rotatable bonds is 3. The molecule has 1 heterocycles. The molecule has 0 atom stereocenters. The first-order chi connectivity index (χ1) is 7.29. The molecule has 2 rings (SSSR count). The van der Waals surface area contributed by atoms with Crippen LogP contribution in [0.2, 0.25) is 0 Å². The Morgan fingerprint density at radius 1 is 1.20 bits per heavy atom. The topological polar surface area (TPSA) is 50.9 Å². The van der Waals surface area contributed by atoms with Crippen LogP contribution < -0.4 is 0 Å². The van der Waals surface area contributed by atoms with Gasteiger partial charge in [-0.25, -0.2) is 0 Å². The molecule has 78 valence electrons. The van der Waals surface area contributed by atoms with E-state index in [1.54, 1.807) is 4.80 Å². The maximum absolute atomic E-state index is 8.98. The fraction of sp³-hybridized carbons (Fsp3) is 0.273. The van der Waals surface area contributed by atoms with Gasteiger partial charge in [0.1, 0.15) is 5.69 Å². The minimum Gasteiger partial charge on any atom is -0.390 e. The van der Waals surface area contributed by atoms with Gasteiger partial charge in [-0.1, -0.05) is 30.3 Å². The highest BCUT2D eigenvalue weighted by atomic mass is 16.3. The van der Waals surface area contributed by atoms with Crippen molar-refractivity contribution in [1.29, 1.82) is 0 Å². The van der Waals surface area contributed by atoms with E-state index in [4.69, 9.17) is 5.11 Å². The highest BCUT2D eigenvalue weighted by Gasteiger charge is 2.05. The van der Waals surface area contributed by atoms with E-state index in [2.05, 4.69) is 10.2 Å². The zero-order valence-electron chi connectivity index (χ0n) is 8.59. The molecule has 1 aromatic carbocycles. The Morgan fingerprint density at radius 2 is 1.93 bits per heavy atom. The molecule has 0 aliphatic rings. The third-order valence-corrected chi connectivity index (χ3v) is 2.24. The van der Waals surface area contributed by atoms with E-state index in [1.165, 1.54) is 0 Å². The fourth-order valence-electron chi connectivity index (χ4n) is 1.43. The third kappa shape index (κ3) is 2.22. The number of benzene rings is 1. The van der Waals surface area contributed by atoms with Gasteiger partial charge < -0.3 is 5.11 Å². The number of aryl methyl sites for hydroxylation is 1. The lowest BCUT2D eigenvalue weighted by atomic mass is 10.2. The Labute approximate surface area is 88.2 Å². The molecule has 15 heavy (non-hydrogen) atoms. The van der Waals surface area contributed by atoms with E-state index < -0.39 is 0 Å². The molecule has 0 unspecified atom stereocenters. The fourth-order valence-corrected chi connectivity index (χ4v) is 1.43. The van der Waals surface area contributed by atoms with E-state index >= 15 is 0 Å². The summed E-state index contributed by atoms with van der Waals surface area (Å²) in [5, 5.41) is 17.4. The van der Waals surface area contributed by atoms with E-state index in [9.17, 15) is 0 Å². The van der Waals surface area contributed by atoms with Crippen molar-refractivity contribution < 1.29 is 5.11 Å². The lowest BCUT2D eigenvalue weighted by Crippen LogP contribution is -2.04. The van der Waals surface area contributed by atoms with Crippen LogP contribution >= 0.6 is 0 Å². The number of aliphatic hydroxyl groups is 1. The van der Waals surface area contributed by atoms with Crippen molar-refractivity contribution in [3.05, 3.63) is 47.3 Å². The Bertz CT molecular complexity index is 436. The van der Waals surface area contributed by atoms with E-state index in [0.717, 1.165) is 11.3 Å². The van der Waals surface area contributed by atoms with Crippen LogP contribution in [-0.2, 0) is 13.2 Å². The minimum absolute atomic E-state index is 0.0549. The third-order valence-electron chi connectivity index (χ3n) is 2.24. The monoisotopic (exact) mass is 203 g/mol. The standard InChI is InChI=1S/C11H13N3O/c1-9-11(8-15)13-14(12-9)7-10-5-3-2-4-6-10/h2-6,15H,7-8H2,1H3. The molecule has 4 heteroatoms. The minimum atomic E-state index is -0.0549. The number of nitrogens with zero attached hydrogens (tertiary/aromatic N) is 3. The molecule has 0 saturated heterocycles. The Hall–Kier alpha value is -1.68. The maximum Gasteiger partial charge on any atom is 0.111 e. The molecule has 0 aliphatic carbocycles. The number of hydrogen-bond donors (Lipinski definition) is 1. The van der Waals surface area contributed by atoms with Gasteiger partial charge in [-0.2, -0.15) is 15.0 Å². The Balaban J connectivity index is 2.18. The summed E-state index contributed by atoms with van der Waals surface area (Å²) in [6.45, 7) is 2.43. The largest absolute Gasteiger partial charge is 0.390 e. The van der Waals surface area contributed by atoms with Crippen molar-refractivity contribution in [2.24, 2.45) is 0 Å². The van der Waals surface area contributed by atoms with Crippen molar-refractivity contribution in [3.63, 3.8) is 0 Å². The van der Waals surface area contributed by atoms with Crippen LogP contribution in [0.5, 0.6) is 0 Å². The second-order valence-electron chi connectivity index (χ2n) is 3.41. The lowest BCUT2D eigenvalue weighted by molar-refractivity contribution is 0.274. The van der Waals surface area contributed by atoms with Gasteiger partial charge in [0, 0.05) is 0 Å². The second-order valence-corrected chi connectivity index (χ2v) is 3.41. The molecular weight excluding hydrogens is 190 g/mol. The second kappa shape index (κ2) is 4.23. The van der Waals surface area contributed by atoms with Gasteiger partial charge in [0.25, 0.3) is 0 Å². The number of aliphatic hydroxyl groups excluding tert-OH is 1. The Kier molecular flexibility index (Phi) is 2.78. The van der Waals surface area contributed by atoms with Crippen LogP contribution in [0.1, 0.15) is 17.0 Å². The molecule has 0 bridgehead atoms. The lowest BCUT2D eigenvalue weighted by Gasteiger charge is -1.98. The van der Waals surface area contributed by atoms with Gasteiger partial charge >= 0.3 is 0 Å². The predicted octanol–water partition coefficient (Wildman–Crippen LogP) is 1.13. The van der Waals surface area contributed by atoms with Gasteiger partial charge in [-0.15, -0.1) is 0 Å². The first kappa shape index (κ1) is 9.86. The summed E-state index contributed by atoms with van der Waals surface area (Å²) < 4.78 is 0. The molecule has 0 aliphatic heterocycles. The van der Waals surface area contributed by atoms with E-state index in [1.807, 2.05) is 37.3 Å².